The molecule has 20 heavy (non-hydrogen) atoms. The molecule has 0 unspecified atom stereocenters. The summed E-state index contributed by atoms with van der Waals surface area (Å²) in [5.41, 5.74) is 0.913. The number of halogens is 1. The zero-order valence-electron chi connectivity index (χ0n) is 12.4. The Bertz CT molecular complexity index is 433. The molecule has 110 valence electrons. The number of nitrogens with one attached hydrogen (secondary N) is 1. The van der Waals surface area contributed by atoms with E-state index >= 15 is 0 Å². The lowest BCUT2D eigenvalue weighted by Gasteiger charge is -2.40. The molecule has 3 rings (SSSR count). The molecule has 1 N–H and O–H groups in total. The number of rotatable bonds is 4. The minimum atomic E-state index is -0.0312. The van der Waals surface area contributed by atoms with Crippen LogP contribution in [-0.2, 0) is 0 Å². The molecule has 1 atom stereocenters. The third-order valence-corrected chi connectivity index (χ3v) is 5.34. The lowest BCUT2D eigenvalue weighted by molar-refractivity contribution is 0.209. The Balaban J connectivity index is 1.47. The van der Waals surface area contributed by atoms with Gasteiger partial charge in [0, 0.05) is 12.1 Å². The van der Waals surface area contributed by atoms with E-state index < -0.39 is 0 Å². The van der Waals surface area contributed by atoms with Gasteiger partial charge in [-0.05, 0) is 56.1 Å². The van der Waals surface area contributed by atoms with Crippen LogP contribution in [0.5, 0.6) is 0 Å². The lowest BCUT2D eigenvalue weighted by atomic mass is 9.74. The Labute approximate surface area is 122 Å². The lowest BCUT2D eigenvalue weighted by Crippen LogP contribution is -2.47. The number of hydrogen-bond donors (Lipinski definition) is 1. The van der Waals surface area contributed by atoms with Crippen molar-refractivity contribution in [2.75, 3.05) is 0 Å². The molecular formula is C18H26FN. The molecule has 2 heteroatoms. The molecule has 2 aliphatic carbocycles. The summed E-state index contributed by atoms with van der Waals surface area (Å²) in [5, 5.41) is 3.78. The first-order valence-electron chi connectivity index (χ1n) is 8.24. The summed E-state index contributed by atoms with van der Waals surface area (Å²) in [6, 6.07) is 8.47. The van der Waals surface area contributed by atoms with Crippen molar-refractivity contribution in [1.29, 1.82) is 0 Å². The smallest absolute Gasteiger partial charge is 0.126 e. The van der Waals surface area contributed by atoms with E-state index in [4.69, 9.17) is 0 Å². The molecule has 0 aromatic heterocycles. The van der Waals surface area contributed by atoms with Crippen molar-refractivity contribution >= 4 is 0 Å². The van der Waals surface area contributed by atoms with Crippen LogP contribution < -0.4 is 5.32 Å². The molecule has 2 aliphatic rings. The van der Waals surface area contributed by atoms with Crippen molar-refractivity contribution < 1.29 is 4.39 Å². The molecule has 0 bridgehead atoms. The normalized spacial score (nSPS) is 28.9. The van der Waals surface area contributed by atoms with Crippen molar-refractivity contribution in [1.82, 2.24) is 5.32 Å². The molecule has 1 aromatic carbocycles. The van der Waals surface area contributed by atoms with Crippen LogP contribution >= 0.6 is 0 Å². The first-order chi connectivity index (χ1) is 9.74. The van der Waals surface area contributed by atoms with Gasteiger partial charge in [-0.2, -0.15) is 0 Å². The second-order valence-corrected chi connectivity index (χ2v) is 6.74. The summed E-state index contributed by atoms with van der Waals surface area (Å²) >= 11 is 0. The Hall–Kier alpha value is -0.890. The van der Waals surface area contributed by atoms with Gasteiger partial charge in [-0.25, -0.2) is 4.39 Å². The minimum Gasteiger partial charge on any atom is -0.311 e. The second kappa shape index (κ2) is 6.26. The van der Waals surface area contributed by atoms with Gasteiger partial charge in [0.15, 0.2) is 0 Å². The number of benzene rings is 1. The van der Waals surface area contributed by atoms with E-state index in [1.807, 2.05) is 12.1 Å². The molecule has 2 fully saturated rings. The van der Waals surface area contributed by atoms with Gasteiger partial charge < -0.3 is 5.32 Å². The first kappa shape index (κ1) is 14.1. The second-order valence-electron chi connectivity index (χ2n) is 6.74. The predicted molar refractivity (Wildman–Crippen MR) is 81.3 cm³/mol. The van der Waals surface area contributed by atoms with Crippen molar-refractivity contribution in [2.24, 2.45) is 5.92 Å². The topological polar surface area (TPSA) is 12.0 Å². The van der Waals surface area contributed by atoms with Gasteiger partial charge in [-0.1, -0.05) is 37.5 Å². The van der Waals surface area contributed by atoms with Crippen LogP contribution in [0.4, 0.5) is 4.39 Å². The van der Waals surface area contributed by atoms with Crippen LogP contribution in [0.15, 0.2) is 24.3 Å². The standard InChI is InChI=1S/C18H26FN/c1-13(14-7-3-2-4-8-14)20-16-11-15(12-16)17-9-5-6-10-18(17)19/h5-6,9-10,13-16,20H,2-4,7-8,11-12H2,1H3/t13-,15?,16?/m0/s1. The summed E-state index contributed by atoms with van der Waals surface area (Å²) in [7, 11) is 0. The Morgan fingerprint density at radius 3 is 2.50 bits per heavy atom. The molecule has 1 aromatic rings. The summed E-state index contributed by atoms with van der Waals surface area (Å²) in [5.74, 6) is 1.25. The van der Waals surface area contributed by atoms with E-state index in [1.54, 1.807) is 12.1 Å². The quantitative estimate of drug-likeness (QED) is 0.844. The molecule has 0 saturated heterocycles. The van der Waals surface area contributed by atoms with Gasteiger partial charge in [-0.3, -0.25) is 0 Å². The van der Waals surface area contributed by atoms with Gasteiger partial charge in [-0.15, -0.1) is 0 Å². The highest BCUT2D eigenvalue weighted by atomic mass is 19.1. The monoisotopic (exact) mass is 275 g/mol. The summed E-state index contributed by atoms with van der Waals surface area (Å²) in [6.07, 6.45) is 9.19. The van der Waals surface area contributed by atoms with Gasteiger partial charge >= 0.3 is 0 Å². The van der Waals surface area contributed by atoms with E-state index in [0.717, 1.165) is 24.3 Å². The molecule has 0 radical (unpaired) electrons. The van der Waals surface area contributed by atoms with Gasteiger partial charge in [0.2, 0.25) is 0 Å². The van der Waals surface area contributed by atoms with Crippen molar-refractivity contribution in [2.45, 2.75) is 69.9 Å². The van der Waals surface area contributed by atoms with Crippen LogP contribution in [0.25, 0.3) is 0 Å². The average Bonchev–Trinajstić information content (AvgIpc) is 2.44. The molecule has 2 saturated carbocycles. The van der Waals surface area contributed by atoms with E-state index in [0.29, 0.717) is 18.0 Å². The maximum Gasteiger partial charge on any atom is 0.126 e. The van der Waals surface area contributed by atoms with E-state index in [-0.39, 0.29) is 5.82 Å². The van der Waals surface area contributed by atoms with Crippen LogP contribution in [-0.4, -0.2) is 12.1 Å². The predicted octanol–water partition coefficient (Wildman–Crippen LogP) is 4.63. The summed E-state index contributed by atoms with van der Waals surface area (Å²) < 4.78 is 13.7. The summed E-state index contributed by atoms with van der Waals surface area (Å²) in [6.45, 7) is 2.34. The van der Waals surface area contributed by atoms with Gasteiger partial charge in [0.1, 0.15) is 5.82 Å². The molecular weight excluding hydrogens is 249 g/mol. The highest BCUT2D eigenvalue weighted by Crippen LogP contribution is 2.39. The maximum absolute atomic E-state index is 13.7. The zero-order chi connectivity index (χ0) is 13.9. The van der Waals surface area contributed by atoms with Crippen molar-refractivity contribution in [3.63, 3.8) is 0 Å². The fourth-order valence-electron chi connectivity index (χ4n) is 3.96. The fourth-order valence-corrected chi connectivity index (χ4v) is 3.96. The van der Waals surface area contributed by atoms with Crippen molar-refractivity contribution in [3.8, 4) is 0 Å². The van der Waals surface area contributed by atoms with Crippen LogP contribution in [0.3, 0.4) is 0 Å². The molecule has 0 spiro atoms. The fraction of sp³-hybridized carbons (Fsp3) is 0.667. The van der Waals surface area contributed by atoms with E-state index in [2.05, 4.69) is 12.2 Å². The SMILES string of the molecule is C[C@H](NC1CC(c2ccccc2F)C1)C1CCCCC1. The van der Waals surface area contributed by atoms with E-state index in [9.17, 15) is 4.39 Å². The average molecular weight is 275 g/mol. The molecule has 0 heterocycles. The third kappa shape index (κ3) is 3.06. The molecule has 0 aliphatic heterocycles. The highest BCUT2D eigenvalue weighted by Gasteiger charge is 2.33. The summed E-state index contributed by atoms with van der Waals surface area (Å²) in [4.78, 5) is 0. The van der Waals surface area contributed by atoms with Gasteiger partial charge in [0.25, 0.3) is 0 Å². The van der Waals surface area contributed by atoms with E-state index in [1.165, 1.54) is 32.1 Å². The van der Waals surface area contributed by atoms with Crippen LogP contribution in [0.2, 0.25) is 0 Å². The first-order valence-corrected chi connectivity index (χ1v) is 8.24. The molecule has 1 nitrogen and oxygen atoms in total. The molecule has 0 amide bonds. The number of hydrogen-bond acceptors (Lipinski definition) is 1. The Morgan fingerprint density at radius 1 is 1.10 bits per heavy atom. The highest BCUT2D eigenvalue weighted by molar-refractivity contribution is 5.24. The van der Waals surface area contributed by atoms with Crippen LogP contribution in [0, 0.1) is 11.7 Å². The van der Waals surface area contributed by atoms with Crippen LogP contribution in [0.1, 0.15) is 63.4 Å². The Morgan fingerprint density at radius 2 is 1.80 bits per heavy atom. The minimum absolute atomic E-state index is 0.0312. The van der Waals surface area contributed by atoms with Crippen molar-refractivity contribution in [3.05, 3.63) is 35.6 Å². The Kier molecular flexibility index (Phi) is 4.40. The van der Waals surface area contributed by atoms with Gasteiger partial charge in [0.05, 0.1) is 0 Å². The zero-order valence-corrected chi connectivity index (χ0v) is 12.4. The maximum atomic E-state index is 13.7. The third-order valence-electron chi connectivity index (χ3n) is 5.34. The largest absolute Gasteiger partial charge is 0.311 e.